The van der Waals surface area contributed by atoms with Crippen molar-refractivity contribution in [2.75, 3.05) is 11.9 Å². The molecule has 0 saturated heterocycles. The highest BCUT2D eigenvalue weighted by Gasteiger charge is 2.19. The van der Waals surface area contributed by atoms with E-state index in [1.54, 1.807) is 0 Å². The number of anilines is 1. The molecule has 0 unspecified atom stereocenters. The molecular weight excluding hydrogens is 252 g/mol. The Kier molecular flexibility index (Phi) is 4.99. The van der Waals surface area contributed by atoms with Gasteiger partial charge in [-0.1, -0.05) is 26.7 Å². The predicted molar refractivity (Wildman–Crippen MR) is 80.4 cm³/mol. The molecule has 1 aliphatic carbocycles. The summed E-state index contributed by atoms with van der Waals surface area (Å²) >= 11 is 0. The lowest BCUT2D eigenvalue weighted by Gasteiger charge is -2.19. The van der Waals surface area contributed by atoms with Crippen LogP contribution in [-0.4, -0.2) is 22.6 Å². The molecular formula is C16H24N2O2. The lowest BCUT2D eigenvalue weighted by molar-refractivity contribution is 0.0697. The molecule has 20 heavy (non-hydrogen) atoms. The van der Waals surface area contributed by atoms with E-state index in [-0.39, 0.29) is 0 Å². The van der Waals surface area contributed by atoms with E-state index in [0.29, 0.717) is 17.3 Å². The van der Waals surface area contributed by atoms with Gasteiger partial charge < -0.3 is 10.4 Å². The number of nitrogens with one attached hydrogen (secondary N) is 1. The number of hydrogen-bond donors (Lipinski definition) is 2. The lowest BCUT2D eigenvalue weighted by Crippen LogP contribution is -2.18. The maximum atomic E-state index is 11.4. The second-order valence-corrected chi connectivity index (χ2v) is 5.57. The molecule has 0 amide bonds. The molecule has 4 nitrogen and oxygen atoms in total. The summed E-state index contributed by atoms with van der Waals surface area (Å²) in [7, 11) is 0. The number of aryl methyl sites for hydroxylation is 2. The Morgan fingerprint density at radius 3 is 2.70 bits per heavy atom. The lowest BCUT2D eigenvalue weighted by atomic mass is 9.94. The summed E-state index contributed by atoms with van der Waals surface area (Å²) in [5, 5.41) is 12.6. The first-order chi connectivity index (χ1) is 9.65. The van der Waals surface area contributed by atoms with E-state index in [9.17, 15) is 9.90 Å². The minimum absolute atomic E-state index is 0.316. The smallest absolute Gasteiger partial charge is 0.339 e. The minimum atomic E-state index is -0.891. The molecule has 0 atom stereocenters. The summed E-state index contributed by atoms with van der Waals surface area (Å²) in [4.78, 5) is 16.0. The highest BCUT2D eigenvalue weighted by Crippen LogP contribution is 2.25. The van der Waals surface area contributed by atoms with E-state index in [1.807, 2.05) is 6.07 Å². The zero-order chi connectivity index (χ0) is 14.5. The van der Waals surface area contributed by atoms with Crippen LogP contribution in [0.1, 0.15) is 61.1 Å². The number of carbonyl (C=O) groups is 1. The molecule has 2 N–H and O–H groups in total. The molecule has 0 fully saturated rings. The van der Waals surface area contributed by atoms with Crippen molar-refractivity contribution in [1.29, 1.82) is 0 Å². The molecule has 2 rings (SSSR count). The van der Waals surface area contributed by atoms with Gasteiger partial charge in [0.1, 0.15) is 11.4 Å². The van der Waals surface area contributed by atoms with Gasteiger partial charge in [0, 0.05) is 12.2 Å². The molecule has 0 spiro atoms. The quantitative estimate of drug-likeness (QED) is 0.834. The van der Waals surface area contributed by atoms with Crippen molar-refractivity contribution in [3.8, 4) is 0 Å². The predicted octanol–water partition coefficient (Wildman–Crippen LogP) is 3.51. The van der Waals surface area contributed by atoms with Gasteiger partial charge in [-0.15, -0.1) is 0 Å². The van der Waals surface area contributed by atoms with Crippen molar-refractivity contribution in [2.24, 2.45) is 5.92 Å². The molecule has 0 aliphatic heterocycles. The first-order valence-electron chi connectivity index (χ1n) is 7.65. The molecule has 4 heteroatoms. The third-order valence-corrected chi connectivity index (χ3v) is 4.24. The number of hydrogen-bond acceptors (Lipinski definition) is 3. The first-order valence-corrected chi connectivity index (χ1v) is 7.65. The van der Waals surface area contributed by atoms with Crippen molar-refractivity contribution in [3.63, 3.8) is 0 Å². The zero-order valence-electron chi connectivity index (χ0n) is 12.4. The summed E-state index contributed by atoms with van der Waals surface area (Å²) in [6.45, 7) is 5.11. The van der Waals surface area contributed by atoms with Crippen molar-refractivity contribution >= 4 is 11.8 Å². The molecule has 110 valence electrons. The summed E-state index contributed by atoms with van der Waals surface area (Å²) in [5.41, 5.74) is 2.51. The van der Waals surface area contributed by atoms with Crippen molar-refractivity contribution in [3.05, 3.63) is 22.9 Å². The van der Waals surface area contributed by atoms with Gasteiger partial charge in [0.05, 0.1) is 0 Å². The largest absolute Gasteiger partial charge is 0.478 e. The number of aromatic carboxylic acids is 1. The van der Waals surface area contributed by atoms with Crippen molar-refractivity contribution in [2.45, 2.75) is 52.4 Å². The van der Waals surface area contributed by atoms with Crippen LogP contribution in [0.2, 0.25) is 0 Å². The molecule has 0 bridgehead atoms. The molecule has 1 aromatic rings. The maximum absolute atomic E-state index is 11.4. The number of fused-ring (bicyclic) bond motifs is 1. The van der Waals surface area contributed by atoms with Crippen LogP contribution in [-0.2, 0) is 12.8 Å². The highest BCUT2D eigenvalue weighted by atomic mass is 16.4. The molecule has 1 aromatic heterocycles. The van der Waals surface area contributed by atoms with Crippen LogP contribution in [0.5, 0.6) is 0 Å². The monoisotopic (exact) mass is 276 g/mol. The molecule has 1 heterocycles. The average Bonchev–Trinajstić information content (AvgIpc) is 2.47. The first kappa shape index (κ1) is 14.8. The second kappa shape index (κ2) is 6.73. The Labute approximate surface area is 120 Å². The fourth-order valence-electron chi connectivity index (χ4n) is 2.75. The number of pyridine rings is 1. The Morgan fingerprint density at radius 2 is 2.05 bits per heavy atom. The van der Waals surface area contributed by atoms with Crippen LogP contribution >= 0.6 is 0 Å². The summed E-state index contributed by atoms with van der Waals surface area (Å²) in [6.07, 6.45) is 6.39. The fraction of sp³-hybridized carbons (Fsp3) is 0.625. The van der Waals surface area contributed by atoms with E-state index in [1.165, 1.54) is 0 Å². The van der Waals surface area contributed by atoms with Gasteiger partial charge in [0.2, 0.25) is 0 Å². The van der Waals surface area contributed by atoms with Crippen LogP contribution in [0.4, 0.5) is 5.82 Å². The zero-order valence-corrected chi connectivity index (χ0v) is 12.4. The van der Waals surface area contributed by atoms with E-state index < -0.39 is 5.97 Å². The van der Waals surface area contributed by atoms with Gasteiger partial charge in [-0.2, -0.15) is 0 Å². The number of nitrogens with zero attached hydrogens (tertiary/aromatic N) is 1. The van der Waals surface area contributed by atoms with Crippen LogP contribution < -0.4 is 5.32 Å². The third-order valence-electron chi connectivity index (χ3n) is 4.24. The molecule has 0 radical (unpaired) electrons. The normalized spacial score (nSPS) is 14.2. The summed E-state index contributed by atoms with van der Waals surface area (Å²) in [5.74, 6) is 0.220. The van der Waals surface area contributed by atoms with Gasteiger partial charge in [-0.3, -0.25) is 0 Å². The Hall–Kier alpha value is -1.58. The Balaban J connectivity index is 2.23. The van der Waals surface area contributed by atoms with Gasteiger partial charge in [-0.05, 0) is 43.2 Å². The van der Waals surface area contributed by atoms with Crippen LogP contribution in [0.25, 0.3) is 0 Å². The third kappa shape index (κ3) is 3.30. The maximum Gasteiger partial charge on any atom is 0.339 e. The Bertz CT molecular complexity index is 482. The molecule has 0 saturated carbocycles. The second-order valence-electron chi connectivity index (χ2n) is 5.57. The van der Waals surface area contributed by atoms with E-state index in [0.717, 1.165) is 56.3 Å². The van der Waals surface area contributed by atoms with Crippen LogP contribution in [0.15, 0.2) is 6.07 Å². The van der Waals surface area contributed by atoms with Gasteiger partial charge in [0.25, 0.3) is 0 Å². The summed E-state index contributed by atoms with van der Waals surface area (Å²) < 4.78 is 0. The topological polar surface area (TPSA) is 62.2 Å². The Morgan fingerprint density at radius 1 is 1.35 bits per heavy atom. The minimum Gasteiger partial charge on any atom is -0.478 e. The van der Waals surface area contributed by atoms with Crippen LogP contribution in [0.3, 0.4) is 0 Å². The van der Waals surface area contributed by atoms with E-state index in [2.05, 4.69) is 24.1 Å². The van der Waals surface area contributed by atoms with Gasteiger partial charge >= 0.3 is 5.97 Å². The van der Waals surface area contributed by atoms with E-state index in [4.69, 9.17) is 0 Å². The van der Waals surface area contributed by atoms with E-state index >= 15 is 0 Å². The fourth-order valence-corrected chi connectivity index (χ4v) is 2.75. The highest BCUT2D eigenvalue weighted by molar-refractivity contribution is 5.93. The molecule has 1 aliphatic rings. The number of rotatable bonds is 6. The van der Waals surface area contributed by atoms with Crippen molar-refractivity contribution < 1.29 is 9.90 Å². The van der Waals surface area contributed by atoms with Crippen LogP contribution in [0, 0.1) is 5.92 Å². The average molecular weight is 276 g/mol. The summed E-state index contributed by atoms with van der Waals surface area (Å²) in [6, 6.07) is 1.82. The van der Waals surface area contributed by atoms with Crippen molar-refractivity contribution in [1.82, 2.24) is 4.98 Å². The van der Waals surface area contributed by atoms with Gasteiger partial charge in [0.15, 0.2) is 0 Å². The van der Waals surface area contributed by atoms with Gasteiger partial charge in [-0.25, -0.2) is 9.78 Å². The number of carboxylic acids is 1. The number of aromatic nitrogens is 1. The number of carboxylic acid groups (broad SMARTS) is 1. The standard InChI is InChI=1S/C16H24N2O2/c1-3-11(4-2)10-17-15-13(16(19)20)9-12-7-5-6-8-14(12)18-15/h9,11H,3-8,10H2,1-2H3,(H,17,18)(H,19,20). The SMILES string of the molecule is CCC(CC)CNc1nc2c(cc1C(=O)O)CCCC2. The molecule has 0 aromatic carbocycles.